The first-order chi connectivity index (χ1) is 14.0. The van der Waals surface area contributed by atoms with E-state index in [0.29, 0.717) is 13.2 Å². The maximum Gasteiger partial charge on any atom is 0.223 e. The van der Waals surface area contributed by atoms with Crippen LogP contribution in [0.4, 0.5) is 0 Å². The molecule has 2 aromatic rings. The molecular formula is C24H37N3O2. The number of aryl methyl sites for hydroxylation is 1. The molecule has 0 spiro atoms. The summed E-state index contributed by atoms with van der Waals surface area (Å²) in [5.41, 5.74) is 4.14. The average Bonchev–Trinajstić information content (AvgIpc) is 2.99. The predicted molar refractivity (Wildman–Crippen MR) is 119 cm³/mol. The van der Waals surface area contributed by atoms with Gasteiger partial charge in [-0.2, -0.15) is 0 Å². The molecule has 0 unspecified atom stereocenters. The topological polar surface area (TPSA) is 46.5 Å². The molecule has 3 rings (SSSR count). The van der Waals surface area contributed by atoms with Gasteiger partial charge in [0.1, 0.15) is 0 Å². The van der Waals surface area contributed by atoms with Crippen LogP contribution in [0.25, 0.3) is 10.9 Å². The lowest BCUT2D eigenvalue weighted by Gasteiger charge is -2.31. The lowest BCUT2D eigenvalue weighted by Crippen LogP contribution is -2.40. The van der Waals surface area contributed by atoms with Crippen molar-refractivity contribution in [3.8, 4) is 0 Å². The molecule has 160 valence electrons. The van der Waals surface area contributed by atoms with Crippen molar-refractivity contribution < 1.29 is 9.53 Å². The van der Waals surface area contributed by atoms with Crippen LogP contribution in [0.3, 0.4) is 0 Å². The number of carbonyl (C=O) groups excluding carboxylic acids is 1. The van der Waals surface area contributed by atoms with Gasteiger partial charge in [-0.25, -0.2) is 0 Å². The van der Waals surface area contributed by atoms with Crippen LogP contribution in [0.5, 0.6) is 0 Å². The molecule has 0 saturated carbocycles. The summed E-state index contributed by atoms with van der Waals surface area (Å²) in [6.45, 7) is 13.9. The molecule has 1 fully saturated rings. The van der Waals surface area contributed by atoms with Gasteiger partial charge in [0.15, 0.2) is 0 Å². The first-order valence-corrected chi connectivity index (χ1v) is 11.2. The molecule has 1 aromatic heterocycles. The second kappa shape index (κ2) is 10.3. The van der Waals surface area contributed by atoms with Crippen LogP contribution in [-0.2, 0) is 22.6 Å². The Hall–Kier alpha value is -1.85. The molecule has 29 heavy (non-hydrogen) atoms. The molecule has 0 radical (unpaired) electrons. The van der Waals surface area contributed by atoms with Gasteiger partial charge in [-0.3, -0.25) is 9.69 Å². The number of hydrogen-bond donors (Lipinski definition) is 1. The lowest BCUT2D eigenvalue weighted by atomic mass is 9.95. The number of benzene rings is 1. The second-order valence-electron chi connectivity index (χ2n) is 8.44. The molecule has 0 aliphatic carbocycles. The summed E-state index contributed by atoms with van der Waals surface area (Å²) < 4.78 is 7.94. The van der Waals surface area contributed by atoms with Gasteiger partial charge in [-0.15, -0.1) is 0 Å². The van der Waals surface area contributed by atoms with Crippen LogP contribution in [0.15, 0.2) is 24.3 Å². The highest BCUT2D eigenvalue weighted by molar-refractivity contribution is 5.85. The zero-order valence-corrected chi connectivity index (χ0v) is 18.5. The molecule has 2 heterocycles. The fourth-order valence-corrected chi connectivity index (χ4v) is 4.43. The van der Waals surface area contributed by atoms with Crippen LogP contribution in [0.1, 0.15) is 51.3 Å². The van der Waals surface area contributed by atoms with Crippen molar-refractivity contribution in [1.29, 1.82) is 0 Å². The third kappa shape index (κ3) is 5.40. The van der Waals surface area contributed by atoms with E-state index in [-0.39, 0.29) is 17.9 Å². The van der Waals surface area contributed by atoms with Gasteiger partial charge in [0.25, 0.3) is 0 Å². The van der Waals surface area contributed by atoms with Crippen molar-refractivity contribution in [2.24, 2.45) is 5.92 Å². The van der Waals surface area contributed by atoms with E-state index in [2.05, 4.69) is 52.9 Å². The Balaban J connectivity index is 1.50. The van der Waals surface area contributed by atoms with Crippen LogP contribution < -0.4 is 5.32 Å². The highest BCUT2D eigenvalue weighted by atomic mass is 16.5. The Morgan fingerprint density at radius 2 is 1.97 bits per heavy atom. The van der Waals surface area contributed by atoms with Gasteiger partial charge < -0.3 is 14.6 Å². The summed E-state index contributed by atoms with van der Waals surface area (Å²) in [5, 5.41) is 4.46. The Bertz CT molecular complexity index is 804. The molecule has 1 aliphatic heterocycles. The fourth-order valence-electron chi connectivity index (χ4n) is 4.43. The standard InChI is InChI=1S/C24H37N3O2/c1-5-27-19(4)22(21-9-6-7-10-23(21)27)17-26-14-11-20(12-15-26)24(28)25-13-8-16-29-18(2)3/h6-7,9-10,18,20H,5,8,11-17H2,1-4H3,(H,25,28). The summed E-state index contributed by atoms with van der Waals surface area (Å²) in [7, 11) is 0. The van der Waals surface area contributed by atoms with Gasteiger partial charge in [0.05, 0.1) is 6.10 Å². The number of likely N-dealkylation sites (tertiary alicyclic amines) is 1. The molecule has 1 aliphatic rings. The van der Waals surface area contributed by atoms with Crippen molar-refractivity contribution >= 4 is 16.8 Å². The van der Waals surface area contributed by atoms with Crippen LogP contribution in [-0.4, -0.2) is 47.7 Å². The monoisotopic (exact) mass is 399 g/mol. The van der Waals surface area contributed by atoms with Crippen LogP contribution >= 0.6 is 0 Å². The summed E-state index contributed by atoms with van der Waals surface area (Å²) >= 11 is 0. The van der Waals surface area contributed by atoms with E-state index in [1.165, 1.54) is 22.2 Å². The third-order valence-corrected chi connectivity index (χ3v) is 6.09. The maximum absolute atomic E-state index is 12.5. The third-order valence-electron chi connectivity index (χ3n) is 6.09. The minimum atomic E-state index is 0.148. The van der Waals surface area contributed by atoms with Gasteiger partial charge in [-0.1, -0.05) is 18.2 Å². The number of amides is 1. The Kier molecular flexibility index (Phi) is 7.73. The Morgan fingerprint density at radius 3 is 2.66 bits per heavy atom. The number of nitrogens with zero attached hydrogens (tertiary/aromatic N) is 2. The number of rotatable bonds is 9. The van der Waals surface area contributed by atoms with Crippen molar-refractivity contribution in [3.63, 3.8) is 0 Å². The van der Waals surface area contributed by atoms with E-state index in [4.69, 9.17) is 4.74 Å². The summed E-state index contributed by atoms with van der Waals surface area (Å²) in [6.07, 6.45) is 3.02. The Labute approximate surface area is 175 Å². The SMILES string of the molecule is CCn1c(C)c(CN2CCC(C(=O)NCCCOC(C)C)CC2)c2ccccc21. The average molecular weight is 400 g/mol. The predicted octanol–water partition coefficient (Wildman–Crippen LogP) is 4.11. The van der Waals surface area contributed by atoms with Crippen molar-refractivity contribution in [2.45, 2.75) is 66.2 Å². The largest absolute Gasteiger partial charge is 0.379 e. The summed E-state index contributed by atoms with van der Waals surface area (Å²) in [5.74, 6) is 0.364. The fraction of sp³-hybridized carbons (Fsp3) is 0.625. The van der Waals surface area contributed by atoms with E-state index in [9.17, 15) is 4.79 Å². The number of nitrogens with one attached hydrogen (secondary N) is 1. The Morgan fingerprint density at radius 1 is 1.24 bits per heavy atom. The van der Waals surface area contributed by atoms with E-state index >= 15 is 0 Å². The molecular weight excluding hydrogens is 362 g/mol. The van der Waals surface area contributed by atoms with Crippen molar-refractivity contribution in [1.82, 2.24) is 14.8 Å². The van der Waals surface area contributed by atoms with Crippen molar-refractivity contribution in [2.75, 3.05) is 26.2 Å². The zero-order valence-electron chi connectivity index (χ0n) is 18.5. The molecule has 0 bridgehead atoms. The number of aromatic nitrogens is 1. The van der Waals surface area contributed by atoms with E-state index in [0.717, 1.165) is 45.4 Å². The molecule has 1 amide bonds. The van der Waals surface area contributed by atoms with E-state index in [1.807, 2.05) is 13.8 Å². The van der Waals surface area contributed by atoms with Gasteiger partial charge >= 0.3 is 0 Å². The molecule has 1 aromatic carbocycles. The maximum atomic E-state index is 12.5. The van der Waals surface area contributed by atoms with Gasteiger partial charge in [0, 0.05) is 48.8 Å². The second-order valence-corrected chi connectivity index (χ2v) is 8.44. The summed E-state index contributed by atoms with van der Waals surface area (Å²) in [4.78, 5) is 15.0. The smallest absolute Gasteiger partial charge is 0.223 e. The highest BCUT2D eigenvalue weighted by Gasteiger charge is 2.26. The molecule has 1 N–H and O–H groups in total. The van der Waals surface area contributed by atoms with Gasteiger partial charge in [0.2, 0.25) is 5.91 Å². The molecule has 5 nitrogen and oxygen atoms in total. The highest BCUT2D eigenvalue weighted by Crippen LogP contribution is 2.28. The summed E-state index contributed by atoms with van der Waals surface area (Å²) in [6, 6.07) is 8.72. The zero-order chi connectivity index (χ0) is 20.8. The molecule has 0 atom stereocenters. The first-order valence-electron chi connectivity index (χ1n) is 11.2. The molecule has 5 heteroatoms. The number of para-hydroxylation sites is 1. The van der Waals surface area contributed by atoms with E-state index in [1.54, 1.807) is 0 Å². The van der Waals surface area contributed by atoms with Crippen LogP contribution in [0.2, 0.25) is 0 Å². The first kappa shape index (κ1) is 21.8. The van der Waals surface area contributed by atoms with Gasteiger partial charge in [-0.05, 0) is 71.7 Å². The van der Waals surface area contributed by atoms with E-state index < -0.39 is 0 Å². The number of hydrogen-bond acceptors (Lipinski definition) is 3. The minimum Gasteiger partial charge on any atom is -0.379 e. The number of carbonyl (C=O) groups is 1. The normalized spacial score (nSPS) is 16.0. The number of fused-ring (bicyclic) bond motifs is 1. The van der Waals surface area contributed by atoms with Crippen molar-refractivity contribution in [3.05, 3.63) is 35.5 Å². The molecule has 1 saturated heterocycles. The quantitative estimate of drug-likeness (QED) is 0.646. The number of ether oxygens (including phenoxy) is 1. The van der Waals surface area contributed by atoms with Crippen LogP contribution in [0, 0.1) is 12.8 Å². The number of piperidine rings is 1. The lowest BCUT2D eigenvalue weighted by molar-refractivity contribution is -0.126. The minimum absolute atomic E-state index is 0.148.